The molecule has 6 nitrogen and oxygen atoms in total. The summed E-state index contributed by atoms with van der Waals surface area (Å²) in [7, 11) is 0. The Labute approximate surface area is 266 Å². The standard InChI is InChI=1S/C38H34N6S/c1-36(2)27-17-16-24(20-28(27)37(3,4)38(36,5)6)31-25-18-19-45-32(25)26(21-39-31)34-41-33(23-12-8-7-9-13-23)42-35(43-34)44-22-40-29-14-10-11-15-30(29)44/h7-22H,1-6H3. The van der Waals surface area contributed by atoms with E-state index in [2.05, 4.69) is 76.2 Å². The summed E-state index contributed by atoms with van der Waals surface area (Å²) in [4.78, 5) is 24.6. The van der Waals surface area contributed by atoms with Crippen LogP contribution in [0.4, 0.5) is 0 Å². The summed E-state index contributed by atoms with van der Waals surface area (Å²) in [6, 6.07) is 27.2. The Morgan fingerprint density at radius 2 is 1.40 bits per heavy atom. The Morgan fingerprint density at radius 1 is 0.667 bits per heavy atom. The van der Waals surface area contributed by atoms with Gasteiger partial charge in [-0.2, -0.15) is 9.97 Å². The summed E-state index contributed by atoms with van der Waals surface area (Å²) in [5.74, 6) is 1.71. The maximum Gasteiger partial charge on any atom is 0.239 e. The molecule has 0 saturated carbocycles. The SMILES string of the molecule is CC1(C)c2ccc(-c3ncc(-c4nc(-c5ccccc5)nc(-n5cnc6ccccc65)n4)c4sccc34)cc2C(C)(C)C1(C)C. The average Bonchev–Trinajstić information content (AvgIpc) is 3.74. The first kappa shape index (κ1) is 27.8. The van der Waals surface area contributed by atoms with Gasteiger partial charge in [-0.25, -0.2) is 9.97 Å². The monoisotopic (exact) mass is 606 g/mol. The predicted molar refractivity (Wildman–Crippen MR) is 184 cm³/mol. The number of nitrogens with zero attached hydrogens (tertiary/aromatic N) is 6. The maximum atomic E-state index is 5.10. The van der Waals surface area contributed by atoms with Crippen molar-refractivity contribution in [3.8, 4) is 40.0 Å². The molecule has 222 valence electrons. The van der Waals surface area contributed by atoms with Crippen molar-refractivity contribution < 1.29 is 0 Å². The van der Waals surface area contributed by atoms with Crippen LogP contribution in [0.3, 0.4) is 0 Å². The summed E-state index contributed by atoms with van der Waals surface area (Å²) >= 11 is 1.69. The van der Waals surface area contributed by atoms with Crippen molar-refractivity contribution >= 4 is 32.5 Å². The minimum absolute atomic E-state index is 0.0160. The van der Waals surface area contributed by atoms with E-state index >= 15 is 0 Å². The molecule has 7 aromatic rings. The Hall–Kier alpha value is -4.75. The van der Waals surface area contributed by atoms with Gasteiger partial charge in [-0.15, -0.1) is 11.3 Å². The fraction of sp³-hybridized carbons (Fsp3) is 0.237. The lowest BCUT2D eigenvalue weighted by Crippen LogP contribution is -2.42. The Bertz CT molecular complexity index is 2260. The number of aromatic nitrogens is 6. The van der Waals surface area contributed by atoms with Crippen LogP contribution in [0.1, 0.15) is 52.7 Å². The second-order valence-electron chi connectivity index (χ2n) is 13.6. The number of benzene rings is 3. The Kier molecular flexibility index (Phi) is 5.94. The number of imidazole rings is 1. The van der Waals surface area contributed by atoms with E-state index in [0.29, 0.717) is 17.6 Å². The summed E-state index contributed by atoms with van der Waals surface area (Å²) in [6.07, 6.45) is 3.71. The number of hydrogen-bond acceptors (Lipinski definition) is 6. The van der Waals surface area contributed by atoms with Gasteiger partial charge in [0.25, 0.3) is 0 Å². The van der Waals surface area contributed by atoms with E-state index in [-0.39, 0.29) is 16.2 Å². The van der Waals surface area contributed by atoms with Gasteiger partial charge >= 0.3 is 0 Å². The first-order valence-corrected chi connectivity index (χ1v) is 16.2. The second-order valence-corrected chi connectivity index (χ2v) is 14.5. The normalized spacial score (nSPS) is 16.3. The number of rotatable bonds is 4. The van der Waals surface area contributed by atoms with Crippen LogP contribution in [0.25, 0.3) is 61.1 Å². The molecule has 4 aromatic heterocycles. The van der Waals surface area contributed by atoms with Crippen molar-refractivity contribution in [2.24, 2.45) is 5.41 Å². The van der Waals surface area contributed by atoms with Crippen LogP contribution < -0.4 is 0 Å². The largest absolute Gasteiger partial charge is 0.267 e. The lowest BCUT2D eigenvalue weighted by Gasteiger charge is -2.44. The van der Waals surface area contributed by atoms with Crippen LogP contribution in [0.5, 0.6) is 0 Å². The molecule has 45 heavy (non-hydrogen) atoms. The molecule has 0 atom stereocenters. The Morgan fingerprint density at radius 3 is 2.22 bits per heavy atom. The van der Waals surface area contributed by atoms with Gasteiger partial charge in [-0.1, -0.05) is 96.1 Å². The number of para-hydroxylation sites is 2. The number of thiophene rings is 1. The van der Waals surface area contributed by atoms with Crippen molar-refractivity contribution in [1.29, 1.82) is 0 Å². The summed E-state index contributed by atoms with van der Waals surface area (Å²) in [6.45, 7) is 14.3. The van der Waals surface area contributed by atoms with Crippen molar-refractivity contribution in [1.82, 2.24) is 29.5 Å². The zero-order chi connectivity index (χ0) is 31.1. The highest BCUT2D eigenvalue weighted by molar-refractivity contribution is 7.17. The van der Waals surface area contributed by atoms with Crippen LogP contribution in [0, 0.1) is 5.41 Å². The van der Waals surface area contributed by atoms with Crippen LogP contribution in [0.15, 0.2) is 96.8 Å². The van der Waals surface area contributed by atoms with Gasteiger partial charge in [0.2, 0.25) is 5.95 Å². The molecule has 0 radical (unpaired) electrons. The molecule has 0 amide bonds. The van der Waals surface area contributed by atoms with E-state index in [1.54, 1.807) is 17.7 Å². The van der Waals surface area contributed by atoms with Gasteiger partial charge in [0, 0.05) is 27.4 Å². The van der Waals surface area contributed by atoms with Gasteiger partial charge < -0.3 is 0 Å². The number of hydrogen-bond donors (Lipinski definition) is 0. The molecule has 7 heteroatoms. The van der Waals surface area contributed by atoms with Crippen LogP contribution in [-0.2, 0) is 10.8 Å². The first-order chi connectivity index (χ1) is 21.6. The molecule has 0 unspecified atom stereocenters. The van der Waals surface area contributed by atoms with E-state index in [1.165, 1.54) is 11.1 Å². The highest BCUT2D eigenvalue weighted by atomic mass is 32.1. The molecule has 0 spiro atoms. The minimum Gasteiger partial charge on any atom is -0.267 e. The highest BCUT2D eigenvalue weighted by Crippen LogP contribution is 2.61. The van der Waals surface area contributed by atoms with Gasteiger partial charge in [0.1, 0.15) is 6.33 Å². The quantitative estimate of drug-likeness (QED) is 0.200. The molecule has 1 aliphatic rings. The predicted octanol–water partition coefficient (Wildman–Crippen LogP) is 9.42. The lowest BCUT2D eigenvalue weighted by molar-refractivity contribution is 0.125. The third-order valence-electron chi connectivity index (χ3n) is 10.8. The van der Waals surface area contributed by atoms with Gasteiger partial charge in [-0.05, 0) is 57.0 Å². The minimum atomic E-state index is 0.0160. The van der Waals surface area contributed by atoms with Gasteiger partial charge in [0.05, 0.1) is 22.3 Å². The zero-order valence-electron chi connectivity index (χ0n) is 26.3. The lowest BCUT2D eigenvalue weighted by atomic mass is 9.59. The van der Waals surface area contributed by atoms with Crippen molar-refractivity contribution in [2.75, 3.05) is 0 Å². The number of pyridine rings is 1. The second kappa shape index (κ2) is 9.62. The van der Waals surface area contributed by atoms with E-state index < -0.39 is 0 Å². The molecule has 0 bridgehead atoms. The summed E-state index contributed by atoms with van der Waals surface area (Å²) in [5, 5.41) is 3.23. The fourth-order valence-electron chi connectivity index (χ4n) is 6.99. The van der Waals surface area contributed by atoms with Gasteiger partial charge in [0.15, 0.2) is 11.6 Å². The van der Waals surface area contributed by atoms with Gasteiger partial charge in [-0.3, -0.25) is 9.55 Å². The van der Waals surface area contributed by atoms with Crippen LogP contribution in [0.2, 0.25) is 0 Å². The number of fused-ring (bicyclic) bond motifs is 3. The molecule has 0 N–H and O–H groups in total. The molecule has 1 aliphatic carbocycles. The average molecular weight is 607 g/mol. The third kappa shape index (κ3) is 3.96. The van der Waals surface area contributed by atoms with Crippen molar-refractivity contribution in [3.63, 3.8) is 0 Å². The van der Waals surface area contributed by atoms with E-state index in [9.17, 15) is 0 Å². The molecular weight excluding hydrogens is 573 g/mol. The molecule has 0 fully saturated rings. The molecule has 0 saturated heterocycles. The summed E-state index contributed by atoms with van der Waals surface area (Å²) < 4.78 is 3.03. The van der Waals surface area contributed by atoms with E-state index in [1.807, 2.05) is 65.4 Å². The summed E-state index contributed by atoms with van der Waals surface area (Å²) in [5.41, 5.74) is 8.77. The van der Waals surface area contributed by atoms with Crippen molar-refractivity contribution in [3.05, 3.63) is 108 Å². The molecule has 8 rings (SSSR count). The maximum absolute atomic E-state index is 5.10. The topological polar surface area (TPSA) is 69.4 Å². The molecule has 3 aromatic carbocycles. The van der Waals surface area contributed by atoms with Crippen molar-refractivity contribution in [2.45, 2.75) is 52.4 Å². The third-order valence-corrected chi connectivity index (χ3v) is 11.8. The fourth-order valence-corrected chi connectivity index (χ4v) is 7.89. The first-order valence-electron chi connectivity index (χ1n) is 15.3. The molecular formula is C38H34N6S. The molecule has 4 heterocycles. The Balaban J connectivity index is 1.30. The van der Waals surface area contributed by atoms with Crippen LogP contribution >= 0.6 is 11.3 Å². The van der Waals surface area contributed by atoms with Crippen LogP contribution in [-0.4, -0.2) is 29.5 Å². The van der Waals surface area contributed by atoms with E-state index in [0.717, 1.165) is 43.5 Å². The smallest absolute Gasteiger partial charge is 0.239 e. The zero-order valence-corrected chi connectivity index (χ0v) is 27.1. The molecule has 0 aliphatic heterocycles. The highest BCUT2D eigenvalue weighted by Gasteiger charge is 2.56. The van der Waals surface area contributed by atoms with E-state index in [4.69, 9.17) is 19.9 Å².